The van der Waals surface area contributed by atoms with E-state index in [0.717, 1.165) is 0 Å². The van der Waals surface area contributed by atoms with Crippen LogP contribution in [0.4, 0.5) is 0 Å². The fourth-order valence-corrected chi connectivity index (χ4v) is 2.23. The molecule has 0 saturated carbocycles. The van der Waals surface area contributed by atoms with Gasteiger partial charge < -0.3 is 5.32 Å². The average Bonchev–Trinajstić information content (AvgIpc) is 2.23. The fraction of sp³-hybridized carbons (Fsp3) is 0.300. The summed E-state index contributed by atoms with van der Waals surface area (Å²) < 4.78 is 22.0. The number of amides is 1. The van der Waals surface area contributed by atoms with Crippen molar-refractivity contribution in [3.8, 4) is 0 Å². The normalized spacial score (nSPS) is 11.2. The Morgan fingerprint density at radius 3 is 2.59 bits per heavy atom. The second kappa shape index (κ2) is 6.13. The first-order valence-corrected chi connectivity index (χ1v) is 7.44. The Kier molecular flexibility index (Phi) is 5.10. The van der Waals surface area contributed by atoms with E-state index < -0.39 is 10.0 Å². The quantitative estimate of drug-likeness (QED) is 0.788. The van der Waals surface area contributed by atoms with Crippen LogP contribution in [-0.2, 0) is 10.0 Å². The first kappa shape index (κ1) is 14.1. The van der Waals surface area contributed by atoms with Gasteiger partial charge in [0.2, 0.25) is 10.0 Å². The lowest BCUT2D eigenvalue weighted by molar-refractivity contribution is 0.0953. The van der Waals surface area contributed by atoms with E-state index in [9.17, 15) is 13.2 Å². The third-order valence-corrected chi connectivity index (χ3v) is 3.56. The number of hydrogen-bond acceptors (Lipinski definition) is 3. The van der Waals surface area contributed by atoms with Crippen LogP contribution in [0, 0.1) is 0 Å². The maximum Gasteiger partial charge on any atom is 0.252 e. The van der Waals surface area contributed by atoms with Crippen LogP contribution >= 0.6 is 15.9 Å². The zero-order valence-electron chi connectivity index (χ0n) is 9.02. The molecule has 0 saturated heterocycles. The lowest BCUT2D eigenvalue weighted by atomic mass is 10.2. The molecule has 0 unspecified atom stereocenters. The van der Waals surface area contributed by atoms with Gasteiger partial charge in [0.05, 0.1) is 11.3 Å². The molecule has 0 aromatic heterocycles. The van der Waals surface area contributed by atoms with Crippen molar-refractivity contribution >= 4 is 31.9 Å². The zero-order chi connectivity index (χ0) is 12.9. The molecule has 0 aliphatic heterocycles. The summed E-state index contributed by atoms with van der Waals surface area (Å²) in [6.07, 6.45) is 0.301. The van der Waals surface area contributed by atoms with Crippen molar-refractivity contribution in [2.24, 2.45) is 5.14 Å². The fourth-order valence-electron chi connectivity index (χ4n) is 1.22. The van der Waals surface area contributed by atoms with Crippen molar-refractivity contribution in [1.82, 2.24) is 5.32 Å². The SMILES string of the molecule is NS(=O)(=O)CCCNC(=O)c1ccccc1Br. The number of halogens is 1. The molecule has 1 aromatic rings. The van der Waals surface area contributed by atoms with Crippen LogP contribution in [0.15, 0.2) is 28.7 Å². The van der Waals surface area contributed by atoms with E-state index in [0.29, 0.717) is 16.5 Å². The van der Waals surface area contributed by atoms with Gasteiger partial charge in [-0.2, -0.15) is 0 Å². The van der Waals surface area contributed by atoms with E-state index in [1.165, 1.54) is 0 Å². The number of benzene rings is 1. The van der Waals surface area contributed by atoms with E-state index in [4.69, 9.17) is 5.14 Å². The highest BCUT2D eigenvalue weighted by molar-refractivity contribution is 9.10. The number of primary sulfonamides is 1. The maximum atomic E-state index is 11.7. The van der Waals surface area contributed by atoms with Crippen molar-refractivity contribution in [3.63, 3.8) is 0 Å². The Hall–Kier alpha value is -0.920. The molecular weight excluding hydrogens is 308 g/mol. The van der Waals surface area contributed by atoms with Gasteiger partial charge in [-0.1, -0.05) is 12.1 Å². The number of hydrogen-bond donors (Lipinski definition) is 2. The molecule has 0 spiro atoms. The minimum Gasteiger partial charge on any atom is -0.352 e. The molecule has 94 valence electrons. The molecule has 7 heteroatoms. The van der Waals surface area contributed by atoms with Gasteiger partial charge in [-0.25, -0.2) is 13.6 Å². The smallest absolute Gasteiger partial charge is 0.252 e. The second-order valence-corrected chi connectivity index (χ2v) is 6.04. The van der Waals surface area contributed by atoms with Gasteiger partial charge in [-0.05, 0) is 34.5 Å². The number of carbonyl (C=O) groups is 1. The average molecular weight is 321 g/mol. The maximum absolute atomic E-state index is 11.7. The lowest BCUT2D eigenvalue weighted by Gasteiger charge is -2.06. The van der Waals surface area contributed by atoms with Gasteiger partial charge in [0.1, 0.15) is 0 Å². The molecule has 0 fully saturated rings. The highest BCUT2D eigenvalue weighted by Crippen LogP contribution is 2.15. The standard InChI is InChI=1S/C10H13BrN2O3S/c11-9-5-2-1-4-8(9)10(14)13-6-3-7-17(12,15)16/h1-2,4-5H,3,6-7H2,(H,13,14)(H2,12,15,16). The minimum absolute atomic E-state index is 0.136. The summed E-state index contributed by atoms with van der Waals surface area (Å²) >= 11 is 3.26. The predicted octanol–water partition coefficient (Wildman–Crippen LogP) is 0.858. The Bertz CT molecular complexity index is 502. The van der Waals surface area contributed by atoms with Crippen LogP contribution in [0.2, 0.25) is 0 Å². The summed E-state index contributed by atoms with van der Waals surface area (Å²) in [4.78, 5) is 11.7. The summed E-state index contributed by atoms with van der Waals surface area (Å²) in [5, 5.41) is 7.46. The molecule has 17 heavy (non-hydrogen) atoms. The number of sulfonamides is 1. The van der Waals surface area contributed by atoms with Crippen LogP contribution in [0.1, 0.15) is 16.8 Å². The Morgan fingerprint density at radius 1 is 1.35 bits per heavy atom. The summed E-state index contributed by atoms with van der Waals surface area (Å²) in [5.41, 5.74) is 0.517. The van der Waals surface area contributed by atoms with Crippen LogP contribution < -0.4 is 10.5 Å². The molecule has 1 rings (SSSR count). The van der Waals surface area contributed by atoms with E-state index in [2.05, 4.69) is 21.2 Å². The molecule has 0 radical (unpaired) electrons. The highest BCUT2D eigenvalue weighted by Gasteiger charge is 2.08. The van der Waals surface area contributed by atoms with Gasteiger partial charge in [0.25, 0.3) is 5.91 Å². The molecule has 0 aliphatic carbocycles. The Balaban J connectivity index is 2.44. The molecule has 5 nitrogen and oxygen atoms in total. The molecule has 0 heterocycles. The molecule has 0 bridgehead atoms. The van der Waals surface area contributed by atoms with Gasteiger partial charge >= 0.3 is 0 Å². The van der Waals surface area contributed by atoms with E-state index >= 15 is 0 Å². The van der Waals surface area contributed by atoms with Crippen molar-refractivity contribution < 1.29 is 13.2 Å². The zero-order valence-corrected chi connectivity index (χ0v) is 11.4. The number of nitrogens with two attached hydrogens (primary N) is 1. The Labute approximate surface area is 109 Å². The summed E-state index contributed by atoms with van der Waals surface area (Å²) in [7, 11) is -3.46. The topological polar surface area (TPSA) is 89.3 Å². The lowest BCUT2D eigenvalue weighted by Crippen LogP contribution is -2.27. The van der Waals surface area contributed by atoms with Crippen LogP contribution in [0.3, 0.4) is 0 Å². The van der Waals surface area contributed by atoms with Crippen molar-refractivity contribution in [1.29, 1.82) is 0 Å². The third-order valence-electron chi connectivity index (χ3n) is 2.01. The van der Waals surface area contributed by atoms with Gasteiger partial charge in [-0.3, -0.25) is 4.79 Å². The number of nitrogens with one attached hydrogen (secondary N) is 1. The van der Waals surface area contributed by atoms with Crippen LogP contribution in [-0.4, -0.2) is 26.6 Å². The summed E-state index contributed by atoms with van der Waals surface area (Å²) in [6, 6.07) is 7.00. The van der Waals surface area contributed by atoms with Crippen LogP contribution in [0.25, 0.3) is 0 Å². The summed E-state index contributed by atoms with van der Waals surface area (Å²) in [5.74, 6) is -0.379. The van der Waals surface area contributed by atoms with Crippen molar-refractivity contribution in [3.05, 3.63) is 34.3 Å². The third kappa shape index (κ3) is 5.29. The predicted molar refractivity (Wildman–Crippen MR) is 69.1 cm³/mol. The van der Waals surface area contributed by atoms with E-state index in [1.54, 1.807) is 18.2 Å². The number of carbonyl (C=O) groups excluding carboxylic acids is 1. The molecule has 1 amide bonds. The first-order chi connectivity index (χ1) is 7.90. The molecule has 0 aliphatic rings. The molecule has 3 N–H and O–H groups in total. The van der Waals surface area contributed by atoms with Crippen LogP contribution in [0.5, 0.6) is 0 Å². The largest absolute Gasteiger partial charge is 0.352 e. The van der Waals surface area contributed by atoms with Gasteiger partial charge in [0.15, 0.2) is 0 Å². The summed E-state index contributed by atoms with van der Waals surface area (Å²) in [6.45, 7) is 0.274. The minimum atomic E-state index is -3.46. The highest BCUT2D eigenvalue weighted by atomic mass is 79.9. The Morgan fingerprint density at radius 2 is 2.00 bits per heavy atom. The van der Waals surface area contributed by atoms with E-state index in [1.807, 2.05) is 6.07 Å². The molecule has 0 atom stereocenters. The number of rotatable bonds is 5. The van der Waals surface area contributed by atoms with Gasteiger partial charge in [0, 0.05) is 11.0 Å². The van der Waals surface area contributed by atoms with Crippen molar-refractivity contribution in [2.75, 3.05) is 12.3 Å². The van der Waals surface area contributed by atoms with Crippen molar-refractivity contribution in [2.45, 2.75) is 6.42 Å². The van der Waals surface area contributed by atoms with Gasteiger partial charge in [-0.15, -0.1) is 0 Å². The monoisotopic (exact) mass is 320 g/mol. The molecule has 1 aromatic carbocycles. The first-order valence-electron chi connectivity index (χ1n) is 4.93. The molecular formula is C10H13BrN2O3S. The second-order valence-electron chi connectivity index (χ2n) is 3.46. The van der Waals surface area contributed by atoms with E-state index in [-0.39, 0.29) is 18.2 Å².